The van der Waals surface area contributed by atoms with E-state index in [1.54, 1.807) is 12.1 Å². The van der Waals surface area contributed by atoms with Crippen LogP contribution in [0.1, 0.15) is 16.7 Å². The Morgan fingerprint density at radius 1 is 0.933 bits per heavy atom. The van der Waals surface area contributed by atoms with Gasteiger partial charge in [-0.15, -0.1) is 0 Å². The third kappa shape index (κ3) is 6.50. The third-order valence-corrected chi connectivity index (χ3v) is 5.09. The topological polar surface area (TPSA) is 81.5 Å². The van der Waals surface area contributed by atoms with Gasteiger partial charge >= 0.3 is 5.97 Å². The second kappa shape index (κ2) is 10.7. The fourth-order valence-corrected chi connectivity index (χ4v) is 3.17. The standard InChI is InChI=1S/C23H21BrN2O4/c24-20-10-6-18(7-11-20)15-25-22(14-17-4-2-1-3-5-17)23(27)30-16-19-8-12-21(13-9-19)26(28)29/h1-13,22,25H,14-16H2/t22-/m0/s1. The minimum Gasteiger partial charge on any atom is -0.460 e. The average molecular weight is 469 g/mol. The second-order valence-corrected chi connectivity index (χ2v) is 7.70. The van der Waals surface area contributed by atoms with Gasteiger partial charge in [0.25, 0.3) is 5.69 Å². The summed E-state index contributed by atoms with van der Waals surface area (Å²) >= 11 is 3.42. The van der Waals surface area contributed by atoms with E-state index in [0.717, 1.165) is 15.6 Å². The Bertz CT molecular complexity index is 976. The van der Waals surface area contributed by atoms with Crippen LogP contribution in [-0.2, 0) is 29.1 Å². The lowest BCUT2D eigenvalue weighted by Crippen LogP contribution is -2.39. The Kier molecular flexibility index (Phi) is 7.70. The van der Waals surface area contributed by atoms with E-state index in [9.17, 15) is 14.9 Å². The predicted molar refractivity (Wildman–Crippen MR) is 118 cm³/mol. The lowest BCUT2D eigenvalue weighted by Gasteiger charge is -2.18. The Hall–Kier alpha value is -3.03. The normalized spacial score (nSPS) is 11.6. The minimum absolute atomic E-state index is 0.00296. The molecular formula is C23H21BrN2O4. The number of esters is 1. The molecule has 0 aliphatic rings. The molecule has 1 N–H and O–H groups in total. The zero-order valence-electron chi connectivity index (χ0n) is 16.2. The molecule has 7 heteroatoms. The zero-order valence-corrected chi connectivity index (χ0v) is 17.7. The van der Waals surface area contributed by atoms with Crippen LogP contribution in [0.4, 0.5) is 5.69 Å². The molecule has 30 heavy (non-hydrogen) atoms. The van der Waals surface area contributed by atoms with Crippen molar-refractivity contribution in [3.63, 3.8) is 0 Å². The number of nitro benzene ring substituents is 1. The van der Waals surface area contributed by atoms with Crippen molar-refractivity contribution in [2.24, 2.45) is 0 Å². The van der Waals surface area contributed by atoms with Gasteiger partial charge in [0, 0.05) is 23.2 Å². The molecule has 154 valence electrons. The van der Waals surface area contributed by atoms with Crippen molar-refractivity contribution in [1.82, 2.24) is 5.32 Å². The number of benzene rings is 3. The average Bonchev–Trinajstić information content (AvgIpc) is 2.77. The van der Waals surface area contributed by atoms with Crippen molar-refractivity contribution in [3.05, 3.63) is 110 Å². The lowest BCUT2D eigenvalue weighted by atomic mass is 10.1. The van der Waals surface area contributed by atoms with Crippen molar-refractivity contribution in [1.29, 1.82) is 0 Å². The summed E-state index contributed by atoms with van der Waals surface area (Å²) in [7, 11) is 0. The van der Waals surface area contributed by atoms with Gasteiger partial charge in [0.1, 0.15) is 12.6 Å². The number of carbonyl (C=O) groups is 1. The highest BCUT2D eigenvalue weighted by Crippen LogP contribution is 2.14. The minimum atomic E-state index is -0.519. The summed E-state index contributed by atoms with van der Waals surface area (Å²) in [6.45, 7) is 0.583. The summed E-state index contributed by atoms with van der Waals surface area (Å²) in [6, 6.07) is 23.1. The summed E-state index contributed by atoms with van der Waals surface area (Å²) in [4.78, 5) is 23.1. The van der Waals surface area contributed by atoms with Crippen LogP contribution < -0.4 is 5.32 Å². The van der Waals surface area contributed by atoms with E-state index in [1.807, 2.05) is 54.6 Å². The van der Waals surface area contributed by atoms with E-state index < -0.39 is 11.0 Å². The van der Waals surface area contributed by atoms with Crippen LogP contribution in [0, 0.1) is 10.1 Å². The maximum Gasteiger partial charge on any atom is 0.323 e. The van der Waals surface area contributed by atoms with E-state index in [4.69, 9.17) is 4.74 Å². The van der Waals surface area contributed by atoms with Crippen LogP contribution in [-0.4, -0.2) is 16.9 Å². The summed E-state index contributed by atoms with van der Waals surface area (Å²) in [5.41, 5.74) is 2.78. The van der Waals surface area contributed by atoms with E-state index >= 15 is 0 Å². The molecule has 0 spiro atoms. The van der Waals surface area contributed by atoms with Gasteiger partial charge < -0.3 is 10.1 Å². The highest BCUT2D eigenvalue weighted by Gasteiger charge is 2.20. The molecule has 0 unspecified atom stereocenters. The van der Waals surface area contributed by atoms with Crippen molar-refractivity contribution >= 4 is 27.6 Å². The molecule has 1 atom stereocenters. The number of ether oxygens (including phenoxy) is 1. The van der Waals surface area contributed by atoms with E-state index in [2.05, 4.69) is 21.2 Å². The number of nitrogens with one attached hydrogen (secondary N) is 1. The molecule has 0 saturated carbocycles. The van der Waals surface area contributed by atoms with Crippen molar-refractivity contribution < 1.29 is 14.5 Å². The maximum absolute atomic E-state index is 12.8. The van der Waals surface area contributed by atoms with Gasteiger partial charge in [0.15, 0.2) is 0 Å². The molecule has 3 aromatic carbocycles. The number of hydrogen-bond donors (Lipinski definition) is 1. The number of nitrogens with zero attached hydrogens (tertiary/aromatic N) is 1. The first-order valence-electron chi connectivity index (χ1n) is 9.43. The van der Waals surface area contributed by atoms with Gasteiger partial charge in [-0.25, -0.2) is 0 Å². The van der Waals surface area contributed by atoms with Crippen molar-refractivity contribution in [2.45, 2.75) is 25.6 Å². The molecule has 6 nitrogen and oxygen atoms in total. The summed E-state index contributed by atoms with van der Waals surface area (Å²) in [5.74, 6) is -0.366. The molecule has 0 fully saturated rings. The number of halogens is 1. The SMILES string of the molecule is O=C(OCc1ccc([N+](=O)[O-])cc1)[C@H](Cc1ccccc1)NCc1ccc(Br)cc1. The Balaban J connectivity index is 1.64. The monoisotopic (exact) mass is 468 g/mol. The molecule has 0 radical (unpaired) electrons. The molecule has 0 bridgehead atoms. The third-order valence-electron chi connectivity index (χ3n) is 4.56. The second-order valence-electron chi connectivity index (χ2n) is 6.78. The fraction of sp³-hybridized carbons (Fsp3) is 0.174. The van der Waals surface area contributed by atoms with Crippen LogP contribution >= 0.6 is 15.9 Å². The summed E-state index contributed by atoms with van der Waals surface area (Å²) < 4.78 is 6.49. The summed E-state index contributed by atoms with van der Waals surface area (Å²) in [5, 5.41) is 14.0. The number of non-ortho nitro benzene ring substituents is 1. The van der Waals surface area contributed by atoms with Gasteiger partial charge in [-0.1, -0.05) is 58.4 Å². The number of nitro groups is 1. The smallest absolute Gasteiger partial charge is 0.323 e. The molecule has 0 aliphatic heterocycles. The number of hydrogen-bond acceptors (Lipinski definition) is 5. The lowest BCUT2D eigenvalue weighted by molar-refractivity contribution is -0.384. The fourth-order valence-electron chi connectivity index (χ4n) is 2.90. The van der Waals surface area contributed by atoms with Crippen molar-refractivity contribution in [2.75, 3.05) is 0 Å². The quantitative estimate of drug-likeness (QED) is 0.277. The molecule has 0 aromatic heterocycles. The van der Waals surface area contributed by atoms with E-state index in [0.29, 0.717) is 18.5 Å². The van der Waals surface area contributed by atoms with Crippen LogP contribution in [0.2, 0.25) is 0 Å². The number of rotatable bonds is 9. The largest absolute Gasteiger partial charge is 0.460 e. The van der Waals surface area contributed by atoms with Gasteiger partial charge in [0.2, 0.25) is 0 Å². The van der Waals surface area contributed by atoms with Crippen LogP contribution in [0.15, 0.2) is 83.3 Å². The Morgan fingerprint density at radius 3 is 2.20 bits per heavy atom. The maximum atomic E-state index is 12.8. The molecule has 0 aliphatic carbocycles. The van der Waals surface area contributed by atoms with Gasteiger partial charge in [-0.3, -0.25) is 14.9 Å². The van der Waals surface area contributed by atoms with Gasteiger partial charge in [-0.2, -0.15) is 0 Å². The first kappa shape index (κ1) is 21.7. The molecule has 3 rings (SSSR count). The molecular weight excluding hydrogens is 448 g/mol. The van der Waals surface area contributed by atoms with Crippen LogP contribution in [0.5, 0.6) is 0 Å². The molecule has 0 heterocycles. The molecule has 0 amide bonds. The first-order chi connectivity index (χ1) is 14.5. The van der Waals surface area contributed by atoms with Gasteiger partial charge in [-0.05, 0) is 47.4 Å². The van der Waals surface area contributed by atoms with Crippen LogP contribution in [0.3, 0.4) is 0 Å². The zero-order chi connectivity index (χ0) is 21.3. The summed E-state index contributed by atoms with van der Waals surface area (Å²) in [6.07, 6.45) is 0.496. The predicted octanol–water partition coefficient (Wildman–Crippen LogP) is 4.80. The van der Waals surface area contributed by atoms with Crippen LogP contribution in [0.25, 0.3) is 0 Å². The Labute approximate surface area is 183 Å². The van der Waals surface area contributed by atoms with Gasteiger partial charge in [0.05, 0.1) is 4.92 Å². The van der Waals surface area contributed by atoms with E-state index in [1.165, 1.54) is 12.1 Å². The Morgan fingerprint density at radius 2 is 1.57 bits per heavy atom. The van der Waals surface area contributed by atoms with E-state index in [-0.39, 0.29) is 18.3 Å². The molecule has 3 aromatic rings. The number of carbonyl (C=O) groups excluding carboxylic acids is 1. The molecule has 0 saturated heterocycles. The first-order valence-corrected chi connectivity index (χ1v) is 10.2. The highest BCUT2D eigenvalue weighted by atomic mass is 79.9. The van der Waals surface area contributed by atoms with Crippen molar-refractivity contribution in [3.8, 4) is 0 Å². The highest BCUT2D eigenvalue weighted by molar-refractivity contribution is 9.10.